The number of benzene rings is 2. The fraction of sp³-hybridized carbons (Fsp3) is 0.150. The summed E-state index contributed by atoms with van der Waals surface area (Å²) in [6, 6.07) is 13.5. The van der Waals surface area contributed by atoms with E-state index in [1.54, 1.807) is 48.5 Å². The fourth-order valence-corrected chi connectivity index (χ4v) is 2.72. The molecule has 6 heteroatoms. The number of fused-ring (bicyclic) bond motifs is 1. The second-order valence-corrected chi connectivity index (χ2v) is 6.09. The molecular weight excluding hydrogens is 354 g/mol. The summed E-state index contributed by atoms with van der Waals surface area (Å²) in [7, 11) is 1.52. The fourth-order valence-electron chi connectivity index (χ4n) is 2.56. The van der Waals surface area contributed by atoms with Crippen LogP contribution in [0.2, 0.25) is 5.15 Å². The van der Waals surface area contributed by atoms with Crippen LogP contribution in [0.4, 0.5) is 0 Å². The van der Waals surface area contributed by atoms with Crippen LogP contribution in [0.1, 0.15) is 33.2 Å². The number of ether oxygens (including phenoxy) is 2. The largest absolute Gasteiger partial charge is 0.496 e. The molecule has 132 valence electrons. The maximum atomic E-state index is 12.4. The minimum Gasteiger partial charge on any atom is -0.496 e. The number of carbonyl (C=O) groups excluding carboxylic acids is 2. The molecule has 1 aromatic heterocycles. The van der Waals surface area contributed by atoms with Crippen LogP contribution in [0.15, 0.2) is 48.5 Å². The quantitative estimate of drug-likeness (QED) is 0.377. The molecule has 1 heterocycles. The minimum atomic E-state index is -0.475. The number of carbonyl (C=O) groups is 2. The third-order valence-corrected chi connectivity index (χ3v) is 4.15. The molecule has 0 aliphatic rings. The van der Waals surface area contributed by atoms with Crippen LogP contribution in [0.3, 0.4) is 0 Å². The van der Waals surface area contributed by atoms with Crippen molar-refractivity contribution in [2.24, 2.45) is 0 Å². The molecule has 2 aromatic carbocycles. The van der Waals surface area contributed by atoms with Crippen molar-refractivity contribution in [3.05, 3.63) is 70.4 Å². The molecule has 0 atom stereocenters. The van der Waals surface area contributed by atoms with E-state index in [0.29, 0.717) is 33.1 Å². The number of pyridine rings is 1. The highest BCUT2D eigenvalue weighted by molar-refractivity contribution is 6.29. The van der Waals surface area contributed by atoms with Crippen LogP contribution in [0, 0.1) is 0 Å². The summed E-state index contributed by atoms with van der Waals surface area (Å²) in [5.41, 5.74) is 2.27. The number of hydrogen-bond donors (Lipinski definition) is 0. The molecular formula is C20H16ClNO4. The molecule has 0 saturated heterocycles. The van der Waals surface area contributed by atoms with Gasteiger partial charge >= 0.3 is 5.97 Å². The van der Waals surface area contributed by atoms with Gasteiger partial charge in [0.05, 0.1) is 18.2 Å². The van der Waals surface area contributed by atoms with Crippen molar-refractivity contribution in [2.45, 2.75) is 13.5 Å². The van der Waals surface area contributed by atoms with Crippen LogP contribution in [-0.4, -0.2) is 23.8 Å². The highest BCUT2D eigenvalue weighted by Gasteiger charge is 2.12. The predicted octanol–water partition coefficient (Wildman–Crippen LogP) is 4.46. The lowest BCUT2D eigenvalue weighted by atomic mass is 10.1. The molecule has 26 heavy (non-hydrogen) atoms. The number of Topliss-reactive ketones (excluding diaryl/α,β-unsaturated/α-hetero) is 1. The SMILES string of the molecule is COc1ccc(C(C)=O)cc1COC(=O)c1ccc2nc(Cl)ccc2c1. The van der Waals surface area contributed by atoms with Crippen molar-refractivity contribution in [1.82, 2.24) is 4.98 Å². The predicted molar refractivity (Wildman–Crippen MR) is 98.9 cm³/mol. The summed E-state index contributed by atoms with van der Waals surface area (Å²) < 4.78 is 10.7. The average molecular weight is 370 g/mol. The second-order valence-electron chi connectivity index (χ2n) is 5.70. The number of rotatable bonds is 5. The zero-order chi connectivity index (χ0) is 18.7. The lowest BCUT2D eigenvalue weighted by Crippen LogP contribution is -2.07. The lowest BCUT2D eigenvalue weighted by Gasteiger charge is -2.11. The van der Waals surface area contributed by atoms with Gasteiger partial charge in [-0.25, -0.2) is 9.78 Å². The lowest BCUT2D eigenvalue weighted by molar-refractivity contribution is 0.0470. The molecule has 0 unspecified atom stereocenters. The van der Waals surface area contributed by atoms with Gasteiger partial charge in [0.25, 0.3) is 0 Å². The Bertz CT molecular complexity index is 1000. The Labute approximate surface area is 155 Å². The first-order valence-corrected chi connectivity index (χ1v) is 8.27. The molecule has 3 rings (SSSR count). The van der Waals surface area contributed by atoms with E-state index < -0.39 is 5.97 Å². The molecule has 0 fully saturated rings. The number of nitrogens with zero attached hydrogens (tertiary/aromatic N) is 1. The normalized spacial score (nSPS) is 10.6. The van der Waals surface area contributed by atoms with Gasteiger partial charge in [-0.1, -0.05) is 11.6 Å². The molecule has 0 radical (unpaired) electrons. The molecule has 0 N–H and O–H groups in total. The van der Waals surface area contributed by atoms with E-state index in [-0.39, 0.29) is 12.4 Å². The van der Waals surface area contributed by atoms with Gasteiger partial charge in [0.15, 0.2) is 5.78 Å². The van der Waals surface area contributed by atoms with Gasteiger partial charge in [0.1, 0.15) is 17.5 Å². The molecule has 0 aliphatic carbocycles. The van der Waals surface area contributed by atoms with E-state index in [2.05, 4.69) is 4.98 Å². The van der Waals surface area contributed by atoms with E-state index in [1.807, 2.05) is 0 Å². The first kappa shape index (κ1) is 17.9. The summed E-state index contributed by atoms with van der Waals surface area (Å²) in [4.78, 5) is 28.1. The molecule has 0 saturated carbocycles. The number of methoxy groups -OCH3 is 1. The monoisotopic (exact) mass is 369 g/mol. The van der Waals surface area contributed by atoms with Gasteiger partial charge in [0, 0.05) is 16.5 Å². The Morgan fingerprint density at radius 3 is 2.54 bits per heavy atom. The number of halogens is 1. The van der Waals surface area contributed by atoms with E-state index in [4.69, 9.17) is 21.1 Å². The standard InChI is InChI=1S/C20H16ClNO4/c1-12(23)13-4-7-18(25-2)16(9-13)11-26-20(24)15-3-6-17-14(10-15)5-8-19(21)22-17/h3-10H,11H2,1-2H3. The van der Waals surface area contributed by atoms with Crippen LogP contribution in [-0.2, 0) is 11.3 Å². The summed E-state index contributed by atoms with van der Waals surface area (Å²) in [6.45, 7) is 1.48. The third-order valence-electron chi connectivity index (χ3n) is 3.94. The first-order valence-electron chi connectivity index (χ1n) is 7.89. The van der Waals surface area contributed by atoms with Crippen molar-refractivity contribution in [3.63, 3.8) is 0 Å². The van der Waals surface area contributed by atoms with E-state index >= 15 is 0 Å². The van der Waals surface area contributed by atoms with Crippen molar-refractivity contribution >= 4 is 34.3 Å². The summed E-state index contributed by atoms with van der Waals surface area (Å²) >= 11 is 5.86. The molecule has 3 aromatic rings. The van der Waals surface area contributed by atoms with Gasteiger partial charge in [0.2, 0.25) is 0 Å². The molecule has 0 bridgehead atoms. The van der Waals surface area contributed by atoms with E-state index in [1.165, 1.54) is 14.0 Å². The first-order chi connectivity index (χ1) is 12.5. The van der Waals surface area contributed by atoms with Crippen LogP contribution in [0.25, 0.3) is 10.9 Å². The molecule has 0 amide bonds. The third kappa shape index (κ3) is 3.83. The number of ketones is 1. The number of hydrogen-bond acceptors (Lipinski definition) is 5. The van der Waals surface area contributed by atoms with E-state index in [0.717, 1.165) is 5.39 Å². The highest BCUT2D eigenvalue weighted by Crippen LogP contribution is 2.22. The summed E-state index contributed by atoms with van der Waals surface area (Å²) in [5, 5.41) is 1.19. The van der Waals surface area contributed by atoms with Crippen molar-refractivity contribution in [2.75, 3.05) is 7.11 Å². The van der Waals surface area contributed by atoms with E-state index in [9.17, 15) is 9.59 Å². The summed E-state index contributed by atoms with van der Waals surface area (Å²) in [5.74, 6) is 0.0122. The van der Waals surface area contributed by atoms with Crippen LogP contribution < -0.4 is 4.74 Å². The Morgan fingerprint density at radius 1 is 1.04 bits per heavy atom. The highest BCUT2D eigenvalue weighted by atomic mass is 35.5. The van der Waals surface area contributed by atoms with Crippen molar-refractivity contribution in [1.29, 1.82) is 0 Å². The Kier molecular flexibility index (Phi) is 5.19. The van der Waals surface area contributed by atoms with Gasteiger partial charge in [-0.15, -0.1) is 0 Å². The molecule has 0 aliphatic heterocycles. The van der Waals surface area contributed by atoms with Crippen LogP contribution in [0.5, 0.6) is 5.75 Å². The van der Waals surface area contributed by atoms with Crippen LogP contribution >= 0.6 is 11.6 Å². The Balaban J connectivity index is 1.79. The smallest absolute Gasteiger partial charge is 0.338 e. The van der Waals surface area contributed by atoms with Gasteiger partial charge in [-0.3, -0.25) is 4.79 Å². The maximum absolute atomic E-state index is 12.4. The number of aromatic nitrogens is 1. The molecule has 0 spiro atoms. The average Bonchev–Trinajstić information content (AvgIpc) is 2.65. The van der Waals surface area contributed by atoms with Gasteiger partial charge in [-0.2, -0.15) is 0 Å². The zero-order valence-corrected chi connectivity index (χ0v) is 15.0. The topological polar surface area (TPSA) is 65.5 Å². The molecule has 5 nitrogen and oxygen atoms in total. The minimum absolute atomic E-state index is 0.0000314. The Morgan fingerprint density at radius 2 is 1.81 bits per heavy atom. The van der Waals surface area contributed by atoms with Gasteiger partial charge < -0.3 is 9.47 Å². The van der Waals surface area contributed by atoms with Crippen molar-refractivity contribution < 1.29 is 19.1 Å². The Hall–Kier alpha value is -2.92. The van der Waals surface area contributed by atoms with Crippen molar-refractivity contribution in [3.8, 4) is 5.75 Å². The van der Waals surface area contributed by atoms with Gasteiger partial charge in [-0.05, 0) is 55.5 Å². The number of esters is 1. The zero-order valence-electron chi connectivity index (χ0n) is 14.3. The maximum Gasteiger partial charge on any atom is 0.338 e. The second kappa shape index (κ2) is 7.54. The summed E-state index contributed by atoms with van der Waals surface area (Å²) in [6.07, 6.45) is 0.